The van der Waals surface area contributed by atoms with Crippen LogP contribution in [-0.4, -0.2) is 41.2 Å². The van der Waals surface area contributed by atoms with Gasteiger partial charge in [-0.15, -0.1) is 0 Å². The topological polar surface area (TPSA) is 112 Å². The molecule has 0 spiro atoms. The maximum atomic E-state index is 13.1. The van der Waals surface area contributed by atoms with E-state index in [1.165, 1.54) is 6.20 Å². The molecule has 0 saturated carbocycles. The summed E-state index contributed by atoms with van der Waals surface area (Å²) in [7, 11) is 1.80. The van der Waals surface area contributed by atoms with E-state index in [0.717, 1.165) is 27.1 Å². The summed E-state index contributed by atoms with van der Waals surface area (Å²) >= 11 is 3.55. The van der Waals surface area contributed by atoms with E-state index >= 15 is 0 Å². The molecule has 0 aliphatic carbocycles. The Morgan fingerprint density at radius 2 is 1.69 bits per heavy atom. The van der Waals surface area contributed by atoms with Gasteiger partial charge in [-0.25, -0.2) is 0 Å². The molecule has 4 rings (SSSR count). The van der Waals surface area contributed by atoms with Crippen LogP contribution in [0.3, 0.4) is 0 Å². The number of hydrogen-bond donors (Lipinski definition) is 2. The van der Waals surface area contributed by atoms with Crippen LogP contribution in [0.4, 0.5) is 11.4 Å². The smallest absolute Gasteiger partial charge is 0.276 e. The molecule has 11 heteroatoms. The minimum absolute atomic E-state index is 0.271. The highest BCUT2D eigenvalue weighted by molar-refractivity contribution is 9.10. The zero-order valence-corrected chi connectivity index (χ0v) is 21.8. The summed E-state index contributed by atoms with van der Waals surface area (Å²) in [6.45, 7) is 8.68. The maximum Gasteiger partial charge on any atom is 0.276 e. The summed E-state index contributed by atoms with van der Waals surface area (Å²) in [6.07, 6.45) is 3.08. The van der Waals surface area contributed by atoms with Crippen LogP contribution < -0.4 is 10.6 Å². The lowest BCUT2D eigenvalue weighted by Gasteiger charge is -2.11. The fraction of sp³-hybridized carbons (Fsp3) is 0.292. The average molecular weight is 539 g/mol. The molecule has 0 aliphatic rings. The number of carbonyl (C=O) groups is 2. The van der Waals surface area contributed by atoms with Crippen LogP contribution >= 0.6 is 15.9 Å². The van der Waals surface area contributed by atoms with E-state index in [4.69, 9.17) is 0 Å². The van der Waals surface area contributed by atoms with Gasteiger partial charge in [0.2, 0.25) is 0 Å². The number of amides is 2. The number of nitrogens with zero attached hydrogens (tertiary/aromatic N) is 6. The van der Waals surface area contributed by atoms with Gasteiger partial charge < -0.3 is 10.6 Å². The SMILES string of the molecule is CCn1ncc(NC(=O)c2cccc(Cn3nc(C)c(Br)c3C)c2)c1C(=O)Nc1cnn(C)c1C. The summed E-state index contributed by atoms with van der Waals surface area (Å²) in [5.74, 6) is -0.705. The van der Waals surface area contributed by atoms with E-state index in [2.05, 4.69) is 41.9 Å². The number of aromatic nitrogens is 6. The van der Waals surface area contributed by atoms with Crippen molar-refractivity contribution in [2.75, 3.05) is 10.6 Å². The van der Waals surface area contributed by atoms with Gasteiger partial charge in [-0.3, -0.25) is 23.6 Å². The lowest BCUT2D eigenvalue weighted by atomic mass is 10.1. The van der Waals surface area contributed by atoms with Crippen molar-refractivity contribution in [1.82, 2.24) is 29.3 Å². The highest BCUT2D eigenvalue weighted by atomic mass is 79.9. The van der Waals surface area contributed by atoms with E-state index < -0.39 is 0 Å². The van der Waals surface area contributed by atoms with E-state index in [9.17, 15) is 9.59 Å². The number of rotatable bonds is 7. The standard InChI is InChI=1S/C24H27BrN8O2/c1-6-32-22(24(35)28-19-11-26-31(5)15(19)3)20(12-27-32)29-23(34)18-9-7-8-17(10-18)13-33-16(4)21(25)14(2)30-33/h7-12H,6,13H2,1-5H3,(H,28,35)(H,29,34). The largest absolute Gasteiger partial charge is 0.319 e. The Bertz CT molecular complexity index is 1420. The third-order valence-electron chi connectivity index (χ3n) is 5.90. The van der Waals surface area contributed by atoms with Gasteiger partial charge in [0, 0.05) is 19.2 Å². The number of benzene rings is 1. The summed E-state index contributed by atoms with van der Waals surface area (Å²) in [6, 6.07) is 7.34. The third kappa shape index (κ3) is 4.90. The molecule has 4 aromatic rings. The van der Waals surface area contributed by atoms with Crippen LogP contribution in [0.1, 0.15) is 50.4 Å². The fourth-order valence-corrected chi connectivity index (χ4v) is 4.05. The monoisotopic (exact) mass is 538 g/mol. The Morgan fingerprint density at radius 3 is 2.31 bits per heavy atom. The zero-order valence-electron chi connectivity index (χ0n) is 20.3. The van der Waals surface area contributed by atoms with Crippen LogP contribution in [0.25, 0.3) is 0 Å². The Hall–Kier alpha value is -3.73. The molecule has 182 valence electrons. The van der Waals surface area contributed by atoms with Crippen molar-refractivity contribution in [3.05, 3.63) is 75.0 Å². The molecule has 2 N–H and O–H groups in total. The average Bonchev–Trinajstić information content (AvgIpc) is 3.47. The molecule has 0 aliphatic heterocycles. The van der Waals surface area contributed by atoms with Crippen LogP contribution in [0.5, 0.6) is 0 Å². The number of carbonyl (C=O) groups excluding carboxylic acids is 2. The van der Waals surface area contributed by atoms with Crippen molar-refractivity contribution in [2.45, 2.75) is 40.8 Å². The van der Waals surface area contributed by atoms with E-state index in [1.807, 2.05) is 50.6 Å². The Labute approximate surface area is 211 Å². The molecule has 0 atom stereocenters. The molecule has 10 nitrogen and oxygen atoms in total. The number of anilines is 2. The van der Waals surface area contributed by atoms with E-state index in [0.29, 0.717) is 30.0 Å². The van der Waals surface area contributed by atoms with Gasteiger partial charge in [-0.2, -0.15) is 15.3 Å². The molecular weight excluding hydrogens is 512 g/mol. The van der Waals surface area contributed by atoms with E-state index in [-0.39, 0.29) is 17.5 Å². The second-order valence-electron chi connectivity index (χ2n) is 8.24. The van der Waals surface area contributed by atoms with Crippen molar-refractivity contribution < 1.29 is 9.59 Å². The highest BCUT2D eigenvalue weighted by Gasteiger charge is 2.22. The van der Waals surface area contributed by atoms with Gasteiger partial charge in [0.25, 0.3) is 11.8 Å². The van der Waals surface area contributed by atoms with Gasteiger partial charge in [-0.05, 0) is 61.3 Å². The summed E-state index contributed by atoms with van der Waals surface area (Å²) in [5.41, 5.74) is 5.36. The van der Waals surface area contributed by atoms with Gasteiger partial charge in [0.15, 0.2) is 0 Å². The lowest BCUT2D eigenvalue weighted by Crippen LogP contribution is -2.21. The number of hydrogen-bond acceptors (Lipinski definition) is 5. The molecule has 3 aromatic heterocycles. The molecule has 2 amide bonds. The molecule has 0 bridgehead atoms. The van der Waals surface area contributed by atoms with Gasteiger partial charge in [0.1, 0.15) is 5.69 Å². The number of halogens is 1. The minimum atomic E-state index is -0.375. The summed E-state index contributed by atoms with van der Waals surface area (Å²) in [5, 5.41) is 18.7. The molecule has 3 heterocycles. The highest BCUT2D eigenvalue weighted by Crippen LogP contribution is 2.22. The minimum Gasteiger partial charge on any atom is -0.319 e. The third-order valence-corrected chi connectivity index (χ3v) is 7.05. The van der Waals surface area contributed by atoms with E-state index in [1.54, 1.807) is 28.7 Å². The molecular formula is C24H27BrN8O2. The molecule has 1 aromatic carbocycles. The predicted octanol–water partition coefficient (Wildman–Crippen LogP) is 4.07. The Kier molecular flexibility index (Phi) is 6.88. The first-order chi connectivity index (χ1) is 16.7. The summed E-state index contributed by atoms with van der Waals surface area (Å²) in [4.78, 5) is 26.2. The first kappa shape index (κ1) is 24.4. The van der Waals surface area contributed by atoms with Crippen LogP contribution in [0.15, 0.2) is 41.1 Å². The van der Waals surface area contributed by atoms with Gasteiger partial charge in [-0.1, -0.05) is 12.1 Å². The fourth-order valence-electron chi connectivity index (χ4n) is 3.77. The molecule has 0 unspecified atom stereocenters. The first-order valence-electron chi connectivity index (χ1n) is 11.1. The Morgan fingerprint density at radius 1 is 0.971 bits per heavy atom. The number of nitrogens with one attached hydrogen (secondary N) is 2. The van der Waals surface area contributed by atoms with Crippen molar-refractivity contribution in [3.63, 3.8) is 0 Å². The van der Waals surface area contributed by atoms with Crippen molar-refractivity contribution in [3.8, 4) is 0 Å². The molecule has 0 radical (unpaired) electrons. The zero-order chi connectivity index (χ0) is 25.3. The first-order valence-corrected chi connectivity index (χ1v) is 11.9. The maximum absolute atomic E-state index is 13.1. The molecule has 0 fully saturated rings. The van der Waals surface area contributed by atoms with Crippen molar-refractivity contribution >= 4 is 39.1 Å². The number of aryl methyl sites for hydroxylation is 3. The van der Waals surface area contributed by atoms with Gasteiger partial charge in [0.05, 0.1) is 51.9 Å². The van der Waals surface area contributed by atoms with Gasteiger partial charge >= 0.3 is 0 Å². The Balaban J connectivity index is 1.55. The van der Waals surface area contributed by atoms with Crippen molar-refractivity contribution in [2.24, 2.45) is 7.05 Å². The molecule has 35 heavy (non-hydrogen) atoms. The summed E-state index contributed by atoms with van der Waals surface area (Å²) < 4.78 is 6.09. The molecule has 0 saturated heterocycles. The second kappa shape index (κ2) is 9.87. The van der Waals surface area contributed by atoms with Crippen molar-refractivity contribution in [1.29, 1.82) is 0 Å². The second-order valence-corrected chi connectivity index (χ2v) is 9.03. The van der Waals surface area contributed by atoms with Crippen LogP contribution in [0, 0.1) is 20.8 Å². The predicted molar refractivity (Wildman–Crippen MR) is 137 cm³/mol. The quantitative estimate of drug-likeness (QED) is 0.368. The normalized spacial score (nSPS) is 11.0. The van der Waals surface area contributed by atoms with Crippen LogP contribution in [-0.2, 0) is 20.1 Å². The van der Waals surface area contributed by atoms with Crippen LogP contribution in [0.2, 0.25) is 0 Å². The lowest BCUT2D eigenvalue weighted by molar-refractivity contribution is 0.101.